The second kappa shape index (κ2) is 5.96. The molecule has 0 aliphatic heterocycles. The summed E-state index contributed by atoms with van der Waals surface area (Å²) in [6.07, 6.45) is -3.57. The van der Waals surface area contributed by atoms with E-state index in [9.17, 15) is 22.8 Å². The highest BCUT2D eigenvalue weighted by Gasteiger charge is 2.34. The van der Waals surface area contributed by atoms with Crippen molar-refractivity contribution in [3.63, 3.8) is 0 Å². The third kappa shape index (κ3) is 3.08. The minimum Gasteiger partial charge on any atom is -0.307 e. The molecule has 0 saturated heterocycles. The number of nitrogens with zero attached hydrogens (tertiary/aromatic N) is 1. The first-order valence-corrected chi connectivity index (χ1v) is 7.15. The van der Waals surface area contributed by atoms with Crippen LogP contribution in [0, 0.1) is 0 Å². The summed E-state index contributed by atoms with van der Waals surface area (Å²) in [7, 11) is 0. The van der Waals surface area contributed by atoms with Crippen LogP contribution < -0.4 is 5.56 Å². The topological polar surface area (TPSA) is 39.1 Å². The molecule has 0 saturated carbocycles. The zero-order valence-electron chi connectivity index (χ0n) is 12.4. The van der Waals surface area contributed by atoms with Gasteiger partial charge in [-0.25, -0.2) is 0 Å². The summed E-state index contributed by atoms with van der Waals surface area (Å²) in [6, 6.07) is 14.3. The number of halogens is 3. The monoisotopic (exact) mass is 331 g/mol. The molecule has 3 rings (SSSR count). The predicted octanol–water partition coefficient (Wildman–Crippen LogP) is 3.90. The van der Waals surface area contributed by atoms with Gasteiger partial charge in [0.2, 0.25) is 0 Å². The number of benzene rings is 2. The maximum atomic E-state index is 12.8. The Balaban J connectivity index is 1.93. The van der Waals surface area contributed by atoms with Crippen molar-refractivity contribution in [3.8, 4) is 0 Å². The lowest BCUT2D eigenvalue weighted by Gasteiger charge is -2.10. The molecule has 6 heteroatoms. The quantitative estimate of drug-likeness (QED) is 0.683. The molecule has 0 aliphatic carbocycles. The van der Waals surface area contributed by atoms with Gasteiger partial charge >= 0.3 is 6.18 Å². The van der Waals surface area contributed by atoms with Gasteiger partial charge in [-0.05, 0) is 29.0 Å². The largest absolute Gasteiger partial charge is 0.421 e. The van der Waals surface area contributed by atoms with Crippen LogP contribution in [0.5, 0.6) is 0 Å². The number of hydrogen-bond donors (Lipinski definition) is 0. The number of ketones is 1. The smallest absolute Gasteiger partial charge is 0.307 e. The van der Waals surface area contributed by atoms with Gasteiger partial charge in [-0.2, -0.15) is 13.2 Å². The summed E-state index contributed by atoms with van der Waals surface area (Å²) in [5.74, 6) is -0.429. The average Bonchev–Trinajstić information content (AvgIpc) is 2.55. The molecular weight excluding hydrogens is 319 g/mol. The minimum atomic E-state index is -4.74. The van der Waals surface area contributed by atoms with E-state index in [4.69, 9.17) is 0 Å². The van der Waals surface area contributed by atoms with Crippen molar-refractivity contribution in [1.82, 2.24) is 4.57 Å². The first-order valence-electron chi connectivity index (χ1n) is 7.15. The summed E-state index contributed by atoms with van der Waals surface area (Å²) >= 11 is 0. The number of carbonyl (C=O) groups is 1. The summed E-state index contributed by atoms with van der Waals surface area (Å²) in [6.45, 7) is -0.443. The summed E-state index contributed by atoms with van der Waals surface area (Å²) in [4.78, 5) is 24.2. The Hall–Kier alpha value is -2.89. The lowest BCUT2D eigenvalue weighted by molar-refractivity contribution is -0.138. The maximum Gasteiger partial charge on any atom is 0.421 e. The molecule has 1 aromatic heterocycles. The Morgan fingerprint density at radius 2 is 1.67 bits per heavy atom. The fourth-order valence-electron chi connectivity index (χ4n) is 2.49. The molecule has 0 fully saturated rings. The third-order valence-electron chi connectivity index (χ3n) is 3.71. The Morgan fingerprint density at radius 1 is 0.958 bits per heavy atom. The van der Waals surface area contributed by atoms with Crippen LogP contribution in [0.1, 0.15) is 15.9 Å². The van der Waals surface area contributed by atoms with E-state index in [0.29, 0.717) is 11.6 Å². The third-order valence-corrected chi connectivity index (χ3v) is 3.71. The molecule has 0 atom stereocenters. The standard InChI is InChI=1S/C18H12F3NO2/c19-18(20,21)15-6-3-9-22(17(15)24)11-16(23)14-8-7-12-4-1-2-5-13(12)10-14/h1-10H,11H2. The number of Topliss-reactive ketones (excluding diaryl/α,β-unsaturated/α-hetero) is 1. The zero-order chi connectivity index (χ0) is 17.3. The van der Waals surface area contributed by atoms with Gasteiger partial charge in [0.05, 0.1) is 6.54 Å². The van der Waals surface area contributed by atoms with Crippen LogP contribution in [0.4, 0.5) is 13.2 Å². The second-order valence-corrected chi connectivity index (χ2v) is 5.34. The second-order valence-electron chi connectivity index (χ2n) is 5.34. The number of pyridine rings is 1. The van der Waals surface area contributed by atoms with Gasteiger partial charge < -0.3 is 4.57 Å². The number of alkyl halides is 3. The Bertz CT molecular complexity index is 974. The molecule has 0 spiro atoms. The van der Waals surface area contributed by atoms with Gasteiger partial charge in [0.25, 0.3) is 5.56 Å². The van der Waals surface area contributed by atoms with Crippen molar-refractivity contribution in [1.29, 1.82) is 0 Å². The van der Waals surface area contributed by atoms with Crippen molar-refractivity contribution < 1.29 is 18.0 Å². The molecule has 1 heterocycles. The SMILES string of the molecule is O=C(Cn1cccc(C(F)(F)F)c1=O)c1ccc2ccccc2c1. The van der Waals surface area contributed by atoms with Crippen LogP contribution in [0.3, 0.4) is 0 Å². The summed E-state index contributed by atoms with van der Waals surface area (Å²) in [5, 5.41) is 1.80. The molecule has 0 radical (unpaired) electrons. The predicted molar refractivity (Wildman–Crippen MR) is 84.0 cm³/mol. The lowest BCUT2D eigenvalue weighted by Crippen LogP contribution is -2.30. The van der Waals surface area contributed by atoms with Crippen molar-refractivity contribution in [2.24, 2.45) is 0 Å². The van der Waals surface area contributed by atoms with Crippen LogP contribution in [0.2, 0.25) is 0 Å². The van der Waals surface area contributed by atoms with Gasteiger partial charge in [0, 0.05) is 11.8 Å². The molecule has 0 bridgehead atoms. The van der Waals surface area contributed by atoms with Crippen LogP contribution in [-0.4, -0.2) is 10.4 Å². The average molecular weight is 331 g/mol. The van der Waals surface area contributed by atoms with E-state index in [0.717, 1.165) is 21.4 Å². The molecule has 0 aliphatic rings. The molecular formula is C18H12F3NO2. The molecule has 122 valence electrons. The molecule has 3 aromatic rings. The normalized spacial score (nSPS) is 11.6. The van der Waals surface area contributed by atoms with E-state index in [2.05, 4.69) is 0 Å². The molecule has 24 heavy (non-hydrogen) atoms. The van der Waals surface area contributed by atoms with E-state index in [1.807, 2.05) is 24.3 Å². The molecule has 0 unspecified atom stereocenters. The summed E-state index contributed by atoms with van der Waals surface area (Å²) in [5.41, 5.74) is -2.16. The van der Waals surface area contributed by atoms with Crippen LogP contribution in [0.15, 0.2) is 65.6 Å². The van der Waals surface area contributed by atoms with Gasteiger partial charge in [-0.1, -0.05) is 36.4 Å². The number of hydrogen-bond acceptors (Lipinski definition) is 2. The number of carbonyl (C=O) groups excluding carboxylic acids is 1. The molecule has 0 N–H and O–H groups in total. The van der Waals surface area contributed by atoms with Crippen molar-refractivity contribution in [2.45, 2.75) is 12.7 Å². The first kappa shape index (κ1) is 16.0. The Morgan fingerprint density at radius 3 is 2.38 bits per heavy atom. The first-order chi connectivity index (χ1) is 11.4. The highest BCUT2D eigenvalue weighted by Crippen LogP contribution is 2.26. The summed E-state index contributed by atoms with van der Waals surface area (Å²) < 4.78 is 39.1. The maximum absolute atomic E-state index is 12.8. The van der Waals surface area contributed by atoms with E-state index in [1.165, 1.54) is 6.20 Å². The highest BCUT2D eigenvalue weighted by molar-refractivity contribution is 5.99. The highest BCUT2D eigenvalue weighted by atomic mass is 19.4. The zero-order valence-corrected chi connectivity index (χ0v) is 12.4. The van der Waals surface area contributed by atoms with E-state index in [1.54, 1.807) is 18.2 Å². The Kier molecular flexibility index (Phi) is 3.97. The molecule has 0 amide bonds. The van der Waals surface area contributed by atoms with Gasteiger partial charge in [0.1, 0.15) is 5.56 Å². The fourth-order valence-corrected chi connectivity index (χ4v) is 2.49. The number of rotatable bonds is 3. The number of fused-ring (bicyclic) bond motifs is 1. The Labute approximate surface area is 135 Å². The fraction of sp³-hybridized carbons (Fsp3) is 0.111. The van der Waals surface area contributed by atoms with E-state index < -0.39 is 29.6 Å². The van der Waals surface area contributed by atoms with E-state index in [-0.39, 0.29) is 0 Å². The van der Waals surface area contributed by atoms with Gasteiger partial charge in [-0.15, -0.1) is 0 Å². The van der Waals surface area contributed by atoms with E-state index >= 15 is 0 Å². The molecule has 2 aromatic carbocycles. The van der Waals surface area contributed by atoms with Crippen molar-refractivity contribution >= 4 is 16.6 Å². The number of aromatic nitrogens is 1. The lowest BCUT2D eigenvalue weighted by atomic mass is 10.0. The minimum absolute atomic E-state index is 0.345. The van der Waals surface area contributed by atoms with Gasteiger partial charge in [-0.3, -0.25) is 9.59 Å². The van der Waals surface area contributed by atoms with Crippen molar-refractivity contribution in [3.05, 3.63) is 82.3 Å². The van der Waals surface area contributed by atoms with Crippen LogP contribution in [-0.2, 0) is 12.7 Å². The van der Waals surface area contributed by atoms with Crippen LogP contribution >= 0.6 is 0 Å². The van der Waals surface area contributed by atoms with Gasteiger partial charge in [0.15, 0.2) is 5.78 Å². The van der Waals surface area contributed by atoms with Crippen molar-refractivity contribution in [2.75, 3.05) is 0 Å². The van der Waals surface area contributed by atoms with Crippen LogP contribution in [0.25, 0.3) is 10.8 Å². The molecule has 3 nitrogen and oxygen atoms in total.